The van der Waals surface area contributed by atoms with E-state index in [-0.39, 0.29) is 5.56 Å². The van der Waals surface area contributed by atoms with Crippen LogP contribution in [0.1, 0.15) is 27.2 Å². The van der Waals surface area contributed by atoms with Crippen LogP contribution in [-0.4, -0.2) is 16.1 Å². The zero-order valence-electron chi connectivity index (χ0n) is 11.8. The number of nitrogens with zero attached hydrogens (tertiary/aromatic N) is 1. The van der Waals surface area contributed by atoms with Crippen LogP contribution in [-0.2, 0) is 12.6 Å². The lowest BCUT2D eigenvalue weighted by Crippen LogP contribution is -2.14. The summed E-state index contributed by atoms with van der Waals surface area (Å²) in [7, 11) is 0. The lowest BCUT2D eigenvalue weighted by molar-refractivity contribution is -0.138. The molecule has 0 spiro atoms. The van der Waals surface area contributed by atoms with E-state index in [1.54, 1.807) is 6.08 Å². The number of allylic oxidation sites excluding steroid dienone is 1. The Bertz CT molecular complexity index is 704. The number of halogens is 3. The molecule has 0 saturated heterocycles. The summed E-state index contributed by atoms with van der Waals surface area (Å²) in [5.41, 5.74) is 0.541. The maximum absolute atomic E-state index is 12.7. The molecule has 0 unspecified atom stereocenters. The summed E-state index contributed by atoms with van der Waals surface area (Å²) in [5.74, 6) is -0.440. The van der Waals surface area contributed by atoms with Crippen LogP contribution in [0.25, 0.3) is 0 Å². The highest BCUT2D eigenvalue weighted by molar-refractivity contribution is 6.05. The van der Waals surface area contributed by atoms with Crippen LogP contribution in [0.5, 0.6) is 0 Å². The second-order valence-corrected chi connectivity index (χ2v) is 4.74. The Hall–Kier alpha value is -2.57. The zero-order chi connectivity index (χ0) is 16.3. The number of aryl methyl sites for hydroxylation is 1. The third-order valence-electron chi connectivity index (χ3n) is 3.10. The Morgan fingerprint density at radius 1 is 1.45 bits per heavy atom. The highest BCUT2D eigenvalue weighted by Gasteiger charge is 2.32. The fourth-order valence-electron chi connectivity index (χ4n) is 2.07. The van der Waals surface area contributed by atoms with Crippen molar-refractivity contribution in [1.29, 1.82) is 0 Å². The Balaban J connectivity index is 2.20. The number of carbonyl (C=O) groups is 1. The summed E-state index contributed by atoms with van der Waals surface area (Å²) >= 11 is 0. The Labute approximate surface area is 125 Å². The molecule has 7 heteroatoms. The molecule has 0 fully saturated rings. The molecular weight excluding hydrogens is 295 g/mol. The third-order valence-corrected chi connectivity index (χ3v) is 3.10. The van der Waals surface area contributed by atoms with E-state index in [1.165, 1.54) is 25.3 Å². The Morgan fingerprint density at radius 2 is 2.18 bits per heavy atom. The topological polar surface area (TPSA) is 57.8 Å². The summed E-state index contributed by atoms with van der Waals surface area (Å²) in [6.07, 6.45) is -0.985. The molecule has 0 saturated carbocycles. The van der Waals surface area contributed by atoms with E-state index in [4.69, 9.17) is 0 Å². The number of aromatic amines is 1. The van der Waals surface area contributed by atoms with E-state index in [0.29, 0.717) is 23.4 Å². The van der Waals surface area contributed by atoms with Crippen LogP contribution in [0.3, 0.4) is 0 Å². The van der Waals surface area contributed by atoms with E-state index in [0.717, 1.165) is 6.07 Å². The van der Waals surface area contributed by atoms with Crippen molar-refractivity contribution in [3.63, 3.8) is 0 Å². The van der Waals surface area contributed by atoms with Crippen molar-refractivity contribution in [2.75, 3.05) is 5.32 Å². The van der Waals surface area contributed by atoms with Gasteiger partial charge in [0.2, 0.25) is 0 Å². The molecule has 0 aliphatic rings. The van der Waals surface area contributed by atoms with Gasteiger partial charge in [-0.05, 0) is 30.7 Å². The van der Waals surface area contributed by atoms with Gasteiger partial charge in [0.15, 0.2) is 0 Å². The number of rotatable bonds is 4. The van der Waals surface area contributed by atoms with Crippen molar-refractivity contribution < 1.29 is 18.0 Å². The molecule has 0 aliphatic heterocycles. The summed E-state index contributed by atoms with van der Waals surface area (Å²) in [6.45, 7) is 4.92. The number of hydrogen-bond acceptors (Lipinski definition) is 2. The zero-order valence-corrected chi connectivity index (χ0v) is 11.8. The van der Waals surface area contributed by atoms with Gasteiger partial charge in [0.25, 0.3) is 5.91 Å². The van der Waals surface area contributed by atoms with Gasteiger partial charge in [-0.1, -0.05) is 6.08 Å². The first kappa shape index (κ1) is 15.8. The average molecular weight is 309 g/mol. The van der Waals surface area contributed by atoms with Gasteiger partial charge in [0.1, 0.15) is 0 Å². The summed E-state index contributed by atoms with van der Waals surface area (Å²) in [6, 6.07) is 3.46. The molecule has 0 atom stereocenters. The fourth-order valence-corrected chi connectivity index (χ4v) is 2.07. The molecule has 1 heterocycles. The molecule has 116 valence electrons. The van der Waals surface area contributed by atoms with Crippen molar-refractivity contribution in [3.05, 3.63) is 59.4 Å². The van der Waals surface area contributed by atoms with Crippen LogP contribution in [0, 0.1) is 6.92 Å². The monoisotopic (exact) mass is 309 g/mol. The Morgan fingerprint density at radius 3 is 2.77 bits per heavy atom. The number of hydrogen-bond donors (Lipinski definition) is 2. The predicted molar refractivity (Wildman–Crippen MR) is 76.6 cm³/mol. The minimum absolute atomic E-state index is 0.0452. The molecule has 0 radical (unpaired) electrons. The number of benzene rings is 1. The van der Waals surface area contributed by atoms with Gasteiger partial charge in [-0.15, -0.1) is 6.58 Å². The minimum Gasteiger partial charge on any atom is -0.322 e. The maximum Gasteiger partial charge on any atom is 0.416 e. The number of anilines is 1. The van der Waals surface area contributed by atoms with Gasteiger partial charge < -0.3 is 5.32 Å². The van der Waals surface area contributed by atoms with E-state index >= 15 is 0 Å². The molecule has 2 rings (SSSR count). The second kappa shape index (κ2) is 6.05. The van der Waals surface area contributed by atoms with Crippen LogP contribution >= 0.6 is 0 Å². The molecule has 2 aromatic rings. The highest BCUT2D eigenvalue weighted by atomic mass is 19.4. The van der Waals surface area contributed by atoms with Crippen molar-refractivity contribution in [2.45, 2.75) is 19.5 Å². The normalized spacial score (nSPS) is 11.3. The van der Waals surface area contributed by atoms with Crippen molar-refractivity contribution >= 4 is 11.6 Å². The average Bonchev–Trinajstić information content (AvgIpc) is 2.86. The lowest BCUT2D eigenvalue weighted by Gasteiger charge is -2.12. The smallest absolute Gasteiger partial charge is 0.322 e. The summed E-state index contributed by atoms with van der Waals surface area (Å²) < 4.78 is 38.1. The third kappa shape index (κ3) is 3.36. The van der Waals surface area contributed by atoms with Gasteiger partial charge in [0, 0.05) is 12.1 Å². The van der Waals surface area contributed by atoms with Gasteiger partial charge in [0.05, 0.1) is 23.0 Å². The fraction of sp³-hybridized carbons (Fsp3) is 0.200. The maximum atomic E-state index is 12.7. The molecule has 1 aromatic heterocycles. The second-order valence-electron chi connectivity index (χ2n) is 4.74. The lowest BCUT2D eigenvalue weighted by atomic mass is 10.1. The first-order chi connectivity index (χ1) is 10.3. The number of H-pyrrole nitrogens is 1. The van der Waals surface area contributed by atoms with Crippen LogP contribution < -0.4 is 5.32 Å². The van der Waals surface area contributed by atoms with Crippen LogP contribution in [0.4, 0.5) is 18.9 Å². The molecule has 0 bridgehead atoms. The number of amides is 1. The Kier molecular flexibility index (Phi) is 4.35. The van der Waals surface area contributed by atoms with Gasteiger partial charge in [-0.2, -0.15) is 18.3 Å². The van der Waals surface area contributed by atoms with Crippen LogP contribution in [0.2, 0.25) is 0 Å². The number of alkyl halides is 3. The van der Waals surface area contributed by atoms with E-state index < -0.39 is 17.6 Å². The molecule has 22 heavy (non-hydrogen) atoms. The predicted octanol–water partition coefficient (Wildman–Crippen LogP) is 3.72. The van der Waals surface area contributed by atoms with E-state index in [9.17, 15) is 18.0 Å². The molecule has 1 amide bonds. The largest absolute Gasteiger partial charge is 0.416 e. The molecular formula is C15H14F3N3O. The first-order valence-electron chi connectivity index (χ1n) is 6.45. The van der Waals surface area contributed by atoms with E-state index in [1.807, 2.05) is 0 Å². The van der Waals surface area contributed by atoms with Gasteiger partial charge >= 0.3 is 6.18 Å². The SMILES string of the molecule is C=CCc1[nH]ncc1C(=O)Nc1ccc(C(F)(F)F)c(C)c1. The summed E-state index contributed by atoms with van der Waals surface area (Å²) in [4.78, 5) is 12.1. The highest BCUT2D eigenvalue weighted by Crippen LogP contribution is 2.32. The number of carbonyl (C=O) groups excluding carboxylic acids is 1. The quantitative estimate of drug-likeness (QED) is 0.846. The van der Waals surface area contributed by atoms with Gasteiger partial charge in [-0.25, -0.2) is 0 Å². The van der Waals surface area contributed by atoms with Crippen molar-refractivity contribution in [2.24, 2.45) is 0 Å². The minimum atomic E-state index is -4.41. The van der Waals surface area contributed by atoms with E-state index in [2.05, 4.69) is 22.1 Å². The molecule has 1 aromatic carbocycles. The number of aromatic nitrogens is 2. The van der Waals surface area contributed by atoms with Gasteiger partial charge in [-0.3, -0.25) is 9.89 Å². The van der Waals surface area contributed by atoms with Crippen LogP contribution in [0.15, 0.2) is 37.1 Å². The van der Waals surface area contributed by atoms with Crippen molar-refractivity contribution in [3.8, 4) is 0 Å². The number of nitrogens with one attached hydrogen (secondary N) is 2. The summed E-state index contributed by atoms with van der Waals surface area (Å²) in [5, 5.41) is 9.03. The first-order valence-corrected chi connectivity index (χ1v) is 6.45. The molecule has 2 N–H and O–H groups in total. The van der Waals surface area contributed by atoms with Crippen molar-refractivity contribution in [1.82, 2.24) is 10.2 Å². The molecule has 4 nitrogen and oxygen atoms in total. The standard InChI is InChI=1S/C15H14F3N3O/c1-3-4-13-11(8-19-21-13)14(22)20-10-5-6-12(9(2)7-10)15(16,17)18/h3,5-8H,1,4H2,2H3,(H,19,21)(H,20,22). The molecule has 0 aliphatic carbocycles.